The summed E-state index contributed by atoms with van der Waals surface area (Å²) in [6.45, 7) is 4.51. The number of nitrogens with zero attached hydrogens (tertiary/aromatic N) is 1. The second kappa shape index (κ2) is 15.8. The van der Waals surface area contributed by atoms with Crippen LogP contribution in [0.2, 0.25) is 0 Å². The lowest BCUT2D eigenvalue weighted by Crippen LogP contribution is -2.44. The van der Waals surface area contributed by atoms with E-state index in [9.17, 15) is 14.7 Å². The lowest BCUT2D eigenvalue weighted by Gasteiger charge is -2.39. The average molecular weight is 556 g/mol. The van der Waals surface area contributed by atoms with Gasteiger partial charge < -0.3 is 24.6 Å². The van der Waals surface area contributed by atoms with Crippen LogP contribution >= 0.6 is 0 Å². The molecule has 4 rings (SSSR count). The van der Waals surface area contributed by atoms with Crippen LogP contribution in [-0.2, 0) is 37.0 Å². The second-order valence-electron chi connectivity index (χ2n) is 10.4. The lowest BCUT2D eigenvalue weighted by molar-refractivity contribution is -0.253. The van der Waals surface area contributed by atoms with E-state index >= 15 is 0 Å². The van der Waals surface area contributed by atoms with E-state index in [-0.39, 0.29) is 31.1 Å². The first-order valence-electron chi connectivity index (χ1n) is 14.1. The Morgan fingerprint density at radius 3 is 2.17 bits per heavy atom. The zero-order valence-corrected chi connectivity index (χ0v) is 22.9. The second-order valence-corrected chi connectivity index (χ2v) is 10.4. The van der Waals surface area contributed by atoms with Gasteiger partial charge in [0.2, 0.25) is 11.8 Å². The fraction of sp³-hybridized carbons (Fsp3) is 0.533. The number of nitrogens with one attached hydrogen (secondary N) is 2. The maximum atomic E-state index is 12.2. The molecule has 0 aromatic heterocycles. The maximum absolute atomic E-state index is 12.2. The predicted molar refractivity (Wildman–Crippen MR) is 147 cm³/mol. The van der Waals surface area contributed by atoms with Crippen molar-refractivity contribution in [2.45, 2.75) is 70.2 Å². The van der Waals surface area contributed by atoms with E-state index in [0.29, 0.717) is 25.8 Å². The zero-order valence-electron chi connectivity index (χ0n) is 22.9. The van der Waals surface area contributed by atoms with Gasteiger partial charge in [0.1, 0.15) is 0 Å². The molecule has 2 aromatic rings. The van der Waals surface area contributed by atoms with Crippen LogP contribution < -0.4 is 10.8 Å². The van der Waals surface area contributed by atoms with Crippen molar-refractivity contribution in [2.24, 2.45) is 0 Å². The SMILES string of the molecule is O=C(CCCCCC(=O)NCc1ccc(C2OC(CN3CCOCC3)CC(c3ccc(CO)cc3)O2)cc1)NO. The molecular weight excluding hydrogens is 514 g/mol. The highest BCUT2D eigenvalue weighted by atomic mass is 16.7. The maximum Gasteiger partial charge on any atom is 0.243 e. The highest BCUT2D eigenvalue weighted by Gasteiger charge is 2.33. The average Bonchev–Trinajstić information content (AvgIpc) is 3.00. The number of rotatable bonds is 13. The van der Waals surface area contributed by atoms with Crippen molar-refractivity contribution in [1.82, 2.24) is 15.7 Å². The topological polar surface area (TPSA) is 130 Å². The van der Waals surface area contributed by atoms with Crippen molar-refractivity contribution in [3.63, 3.8) is 0 Å². The summed E-state index contributed by atoms with van der Waals surface area (Å²) in [5.74, 6) is -0.438. The quantitative estimate of drug-likeness (QED) is 0.169. The number of carbonyl (C=O) groups excluding carboxylic acids is 2. The Labute approximate surface area is 235 Å². The van der Waals surface area contributed by atoms with Gasteiger partial charge in [-0.05, 0) is 29.5 Å². The molecule has 2 aromatic carbocycles. The van der Waals surface area contributed by atoms with Gasteiger partial charge in [-0.15, -0.1) is 0 Å². The van der Waals surface area contributed by atoms with Crippen LogP contribution in [-0.4, -0.2) is 66.0 Å². The van der Waals surface area contributed by atoms with Gasteiger partial charge in [-0.3, -0.25) is 19.7 Å². The standard InChI is InChI=1S/C30H41N3O7/c34-21-23-8-10-24(11-9-23)27-18-26(20-33-14-16-38-17-15-33)39-30(40-27)25-12-6-22(7-13-25)19-31-28(35)4-2-1-3-5-29(36)32-37/h6-13,26-27,30,34,37H,1-5,14-21H2,(H,31,35)(H,32,36). The van der Waals surface area contributed by atoms with Gasteiger partial charge in [-0.1, -0.05) is 55.0 Å². The van der Waals surface area contributed by atoms with Crippen molar-refractivity contribution in [3.05, 3.63) is 70.8 Å². The van der Waals surface area contributed by atoms with E-state index in [0.717, 1.165) is 67.9 Å². The van der Waals surface area contributed by atoms with Crippen molar-refractivity contribution in [1.29, 1.82) is 0 Å². The van der Waals surface area contributed by atoms with Crippen LogP contribution in [0.1, 0.15) is 73.2 Å². The molecule has 2 fully saturated rings. The number of hydrogen-bond donors (Lipinski definition) is 4. The van der Waals surface area contributed by atoms with E-state index in [1.165, 1.54) is 0 Å². The number of carbonyl (C=O) groups is 2. The molecule has 0 bridgehead atoms. The molecule has 2 aliphatic rings. The van der Waals surface area contributed by atoms with E-state index in [1.807, 2.05) is 48.5 Å². The third-order valence-electron chi connectivity index (χ3n) is 7.35. The first-order chi connectivity index (χ1) is 19.5. The normalized spacial score (nSPS) is 21.6. The van der Waals surface area contributed by atoms with Crippen molar-refractivity contribution >= 4 is 11.8 Å². The number of hydroxylamine groups is 1. The van der Waals surface area contributed by atoms with Crippen molar-refractivity contribution in [3.8, 4) is 0 Å². The summed E-state index contributed by atoms with van der Waals surface area (Å²) in [5, 5.41) is 20.9. The van der Waals surface area contributed by atoms with E-state index in [4.69, 9.17) is 19.4 Å². The summed E-state index contributed by atoms with van der Waals surface area (Å²) in [7, 11) is 0. The molecule has 2 saturated heterocycles. The predicted octanol–water partition coefficient (Wildman–Crippen LogP) is 3.13. The fourth-order valence-corrected chi connectivity index (χ4v) is 4.99. The molecule has 40 heavy (non-hydrogen) atoms. The summed E-state index contributed by atoms with van der Waals surface area (Å²) in [6, 6.07) is 15.8. The number of ether oxygens (including phenoxy) is 3. The molecule has 3 atom stereocenters. The number of aliphatic hydroxyl groups excluding tert-OH is 1. The molecule has 2 aliphatic heterocycles. The summed E-state index contributed by atoms with van der Waals surface area (Å²) in [4.78, 5) is 25.6. The number of hydrogen-bond acceptors (Lipinski definition) is 8. The van der Waals surface area contributed by atoms with Gasteiger partial charge in [0.25, 0.3) is 0 Å². The molecule has 0 saturated carbocycles. The zero-order chi connectivity index (χ0) is 28.2. The summed E-state index contributed by atoms with van der Waals surface area (Å²) in [5.41, 5.74) is 5.45. The Bertz CT molecular complexity index is 1060. The highest BCUT2D eigenvalue weighted by Crippen LogP contribution is 2.38. The monoisotopic (exact) mass is 555 g/mol. The first kappa shape index (κ1) is 30.1. The minimum absolute atomic E-state index is 0.00337. The number of amides is 2. The first-order valence-corrected chi connectivity index (χ1v) is 14.1. The summed E-state index contributed by atoms with van der Waals surface area (Å²) < 4.78 is 18.4. The molecule has 4 N–H and O–H groups in total. The molecule has 2 heterocycles. The van der Waals surface area contributed by atoms with Crippen LogP contribution in [0.5, 0.6) is 0 Å². The van der Waals surface area contributed by atoms with Crippen molar-refractivity contribution in [2.75, 3.05) is 32.8 Å². The third kappa shape index (κ3) is 9.36. The van der Waals surface area contributed by atoms with Crippen LogP contribution in [0.25, 0.3) is 0 Å². The summed E-state index contributed by atoms with van der Waals surface area (Å²) >= 11 is 0. The van der Waals surface area contributed by atoms with Gasteiger partial charge in [0.15, 0.2) is 6.29 Å². The van der Waals surface area contributed by atoms with Crippen LogP contribution in [0, 0.1) is 0 Å². The third-order valence-corrected chi connectivity index (χ3v) is 7.35. The summed E-state index contributed by atoms with van der Waals surface area (Å²) in [6.07, 6.45) is 2.81. The molecule has 3 unspecified atom stereocenters. The highest BCUT2D eigenvalue weighted by molar-refractivity contribution is 5.76. The molecule has 0 radical (unpaired) electrons. The molecule has 218 valence electrons. The number of unbranched alkanes of at least 4 members (excludes halogenated alkanes) is 2. The Hall–Kier alpha value is -2.86. The molecular formula is C30H41N3O7. The minimum atomic E-state index is -0.515. The number of benzene rings is 2. The fourth-order valence-electron chi connectivity index (χ4n) is 4.99. The Kier molecular flexibility index (Phi) is 11.9. The van der Waals surface area contributed by atoms with Gasteiger partial charge in [-0.2, -0.15) is 0 Å². The lowest BCUT2D eigenvalue weighted by atomic mass is 9.99. The molecule has 10 nitrogen and oxygen atoms in total. The number of morpholine rings is 1. The molecule has 0 spiro atoms. The van der Waals surface area contributed by atoms with Crippen LogP contribution in [0.15, 0.2) is 48.5 Å². The Morgan fingerprint density at radius 1 is 0.850 bits per heavy atom. The van der Waals surface area contributed by atoms with E-state index in [1.54, 1.807) is 5.48 Å². The number of aliphatic hydroxyl groups is 1. The van der Waals surface area contributed by atoms with Crippen molar-refractivity contribution < 1.29 is 34.1 Å². The Morgan fingerprint density at radius 2 is 1.50 bits per heavy atom. The van der Waals surface area contributed by atoms with Gasteiger partial charge >= 0.3 is 0 Å². The molecule has 2 amide bonds. The van der Waals surface area contributed by atoms with E-state index in [2.05, 4.69) is 10.2 Å². The van der Waals surface area contributed by atoms with Crippen LogP contribution in [0.3, 0.4) is 0 Å². The van der Waals surface area contributed by atoms with Crippen LogP contribution in [0.4, 0.5) is 0 Å². The van der Waals surface area contributed by atoms with Gasteiger partial charge in [0, 0.05) is 51.0 Å². The van der Waals surface area contributed by atoms with Gasteiger partial charge in [0.05, 0.1) is 32.0 Å². The smallest absolute Gasteiger partial charge is 0.243 e. The molecule has 0 aliphatic carbocycles. The minimum Gasteiger partial charge on any atom is -0.392 e. The largest absolute Gasteiger partial charge is 0.392 e. The van der Waals surface area contributed by atoms with E-state index < -0.39 is 12.2 Å². The van der Waals surface area contributed by atoms with Gasteiger partial charge in [-0.25, -0.2) is 5.48 Å². The Balaban J connectivity index is 1.31. The molecule has 10 heteroatoms.